The van der Waals surface area contributed by atoms with Gasteiger partial charge >= 0.3 is 0 Å². The van der Waals surface area contributed by atoms with Crippen molar-refractivity contribution in [2.75, 3.05) is 6.54 Å². The maximum Gasteiger partial charge on any atom is 0.137 e. The smallest absolute Gasteiger partial charge is 0.137 e. The first-order chi connectivity index (χ1) is 10.2. The summed E-state index contributed by atoms with van der Waals surface area (Å²) < 4.78 is 6.21. The monoisotopic (exact) mass is 287 g/mol. The van der Waals surface area contributed by atoms with Crippen LogP contribution in [0.1, 0.15) is 63.8 Å². The van der Waals surface area contributed by atoms with Crippen LogP contribution in [0.25, 0.3) is 11.0 Å². The topological polar surface area (TPSA) is 25.2 Å². The molecule has 2 heteroatoms. The molecule has 0 fully saturated rings. The molecule has 2 aromatic rings. The van der Waals surface area contributed by atoms with Crippen molar-refractivity contribution in [3.8, 4) is 0 Å². The molecule has 2 unspecified atom stereocenters. The normalized spacial score (nSPS) is 14.5. The van der Waals surface area contributed by atoms with E-state index in [0.29, 0.717) is 12.0 Å². The largest absolute Gasteiger partial charge is 0.459 e. The molecule has 21 heavy (non-hydrogen) atoms. The number of nitrogens with one attached hydrogen (secondary N) is 1. The van der Waals surface area contributed by atoms with Crippen LogP contribution in [0.3, 0.4) is 0 Å². The first kappa shape index (κ1) is 16.1. The molecule has 1 aromatic carbocycles. The maximum atomic E-state index is 6.21. The molecule has 2 nitrogen and oxygen atoms in total. The second-order valence-corrected chi connectivity index (χ2v) is 5.99. The van der Waals surface area contributed by atoms with Gasteiger partial charge in [-0.25, -0.2) is 0 Å². The van der Waals surface area contributed by atoms with Crippen LogP contribution in [0, 0.1) is 12.8 Å². The zero-order valence-electron chi connectivity index (χ0n) is 13.9. The molecular formula is C19H29NO. The van der Waals surface area contributed by atoms with Crippen LogP contribution in [0.5, 0.6) is 0 Å². The number of rotatable bonds is 8. The van der Waals surface area contributed by atoms with Gasteiger partial charge in [0.15, 0.2) is 0 Å². The van der Waals surface area contributed by atoms with Gasteiger partial charge in [0.1, 0.15) is 11.3 Å². The second kappa shape index (κ2) is 7.65. The fourth-order valence-electron chi connectivity index (χ4n) is 3.17. The summed E-state index contributed by atoms with van der Waals surface area (Å²) in [6, 6.07) is 8.92. The lowest BCUT2D eigenvalue weighted by Crippen LogP contribution is -2.27. The van der Waals surface area contributed by atoms with Crippen molar-refractivity contribution in [2.24, 2.45) is 5.92 Å². The molecule has 1 N–H and O–H groups in total. The number of benzene rings is 1. The first-order valence-corrected chi connectivity index (χ1v) is 8.43. The molecule has 2 atom stereocenters. The third-order valence-corrected chi connectivity index (χ3v) is 4.41. The Balaban J connectivity index is 2.32. The van der Waals surface area contributed by atoms with Gasteiger partial charge < -0.3 is 9.73 Å². The van der Waals surface area contributed by atoms with E-state index in [9.17, 15) is 0 Å². The summed E-state index contributed by atoms with van der Waals surface area (Å²) in [6.45, 7) is 9.82. The summed E-state index contributed by atoms with van der Waals surface area (Å²) in [6.07, 6.45) is 5.00. The van der Waals surface area contributed by atoms with E-state index >= 15 is 0 Å². The molecule has 1 heterocycles. The molecule has 116 valence electrons. The molecule has 0 saturated heterocycles. The number of aryl methyl sites for hydroxylation is 1. The van der Waals surface area contributed by atoms with E-state index < -0.39 is 0 Å². The molecule has 0 aliphatic heterocycles. The number of fused-ring (bicyclic) bond motifs is 1. The summed E-state index contributed by atoms with van der Waals surface area (Å²) in [5, 5.41) is 4.87. The van der Waals surface area contributed by atoms with Gasteiger partial charge in [0.25, 0.3) is 0 Å². The van der Waals surface area contributed by atoms with Gasteiger partial charge in [-0.2, -0.15) is 0 Å². The molecule has 2 rings (SSSR count). The molecule has 0 bridgehead atoms. The van der Waals surface area contributed by atoms with Crippen molar-refractivity contribution in [2.45, 2.75) is 59.4 Å². The molecule has 0 aliphatic rings. The molecule has 0 radical (unpaired) electrons. The molecular weight excluding hydrogens is 258 g/mol. The number of unbranched alkanes of at least 4 members (excludes halogenated alkanes) is 1. The minimum Gasteiger partial charge on any atom is -0.459 e. The maximum absolute atomic E-state index is 6.21. The molecule has 0 amide bonds. The highest BCUT2D eigenvalue weighted by Crippen LogP contribution is 2.33. The number of hydrogen-bond donors (Lipinski definition) is 1. The Morgan fingerprint density at radius 1 is 1.19 bits per heavy atom. The zero-order valence-corrected chi connectivity index (χ0v) is 13.9. The van der Waals surface area contributed by atoms with Gasteiger partial charge in [-0.3, -0.25) is 0 Å². The van der Waals surface area contributed by atoms with E-state index in [2.05, 4.69) is 57.3 Å². The Morgan fingerprint density at radius 2 is 2.00 bits per heavy atom. The van der Waals surface area contributed by atoms with Crippen LogP contribution in [0.2, 0.25) is 0 Å². The van der Waals surface area contributed by atoms with Crippen molar-refractivity contribution < 1.29 is 4.42 Å². The summed E-state index contributed by atoms with van der Waals surface area (Å²) in [7, 11) is 0. The highest BCUT2D eigenvalue weighted by atomic mass is 16.3. The lowest BCUT2D eigenvalue weighted by Gasteiger charge is -2.25. The van der Waals surface area contributed by atoms with E-state index in [1.807, 2.05) is 0 Å². The molecule has 1 aromatic heterocycles. The van der Waals surface area contributed by atoms with E-state index in [0.717, 1.165) is 17.9 Å². The highest BCUT2D eigenvalue weighted by Gasteiger charge is 2.24. The number of para-hydroxylation sites is 1. The van der Waals surface area contributed by atoms with Gasteiger partial charge in [-0.15, -0.1) is 0 Å². The predicted molar refractivity (Wildman–Crippen MR) is 90.7 cm³/mol. The average molecular weight is 287 g/mol. The van der Waals surface area contributed by atoms with Crippen LogP contribution in [0.15, 0.2) is 28.7 Å². The Bertz CT molecular complexity index is 558. The minimum atomic E-state index is 0.332. The van der Waals surface area contributed by atoms with Crippen molar-refractivity contribution >= 4 is 11.0 Å². The van der Waals surface area contributed by atoms with Crippen LogP contribution in [-0.4, -0.2) is 6.54 Å². The van der Waals surface area contributed by atoms with Gasteiger partial charge in [-0.1, -0.05) is 58.2 Å². The van der Waals surface area contributed by atoms with Gasteiger partial charge in [0, 0.05) is 5.39 Å². The quantitative estimate of drug-likeness (QED) is 0.682. The number of hydrogen-bond acceptors (Lipinski definition) is 2. The summed E-state index contributed by atoms with van der Waals surface area (Å²) in [5.41, 5.74) is 2.26. The third kappa shape index (κ3) is 3.68. The lowest BCUT2D eigenvalue weighted by molar-refractivity contribution is 0.291. The van der Waals surface area contributed by atoms with Gasteiger partial charge in [0.05, 0.1) is 6.04 Å². The Hall–Kier alpha value is -1.28. The fourth-order valence-corrected chi connectivity index (χ4v) is 3.17. The van der Waals surface area contributed by atoms with Crippen molar-refractivity contribution in [1.29, 1.82) is 0 Å². The van der Waals surface area contributed by atoms with Gasteiger partial charge in [0.2, 0.25) is 0 Å². The highest BCUT2D eigenvalue weighted by molar-refractivity contribution is 5.81. The fraction of sp³-hybridized carbons (Fsp3) is 0.579. The number of furan rings is 1. The van der Waals surface area contributed by atoms with Crippen LogP contribution in [-0.2, 0) is 0 Å². The summed E-state index contributed by atoms with van der Waals surface area (Å²) in [5.74, 6) is 1.75. The Kier molecular flexibility index (Phi) is 5.86. The van der Waals surface area contributed by atoms with Crippen molar-refractivity contribution in [3.05, 3.63) is 35.6 Å². The minimum absolute atomic E-state index is 0.332. The molecule has 0 saturated carbocycles. The average Bonchev–Trinajstić information content (AvgIpc) is 2.92. The summed E-state index contributed by atoms with van der Waals surface area (Å²) in [4.78, 5) is 0. The lowest BCUT2D eigenvalue weighted by atomic mass is 9.89. The summed E-state index contributed by atoms with van der Waals surface area (Å²) >= 11 is 0. The standard InChI is InChI=1S/C19H29NO/c1-5-8-11-15(6-2)18(20-7-3)17-13-16-12-9-10-14(4)19(16)21-17/h9-10,12-13,15,18,20H,5-8,11H2,1-4H3. The van der Waals surface area contributed by atoms with Gasteiger partial charge in [-0.05, 0) is 37.4 Å². The Morgan fingerprint density at radius 3 is 2.62 bits per heavy atom. The second-order valence-electron chi connectivity index (χ2n) is 5.99. The van der Waals surface area contributed by atoms with Crippen LogP contribution < -0.4 is 5.32 Å². The van der Waals surface area contributed by atoms with E-state index in [1.165, 1.54) is 36.6 Å². The van der Waals surface area contributed by atoms with Crippen molar-refractivity contribution in [3.63, 3.8) is 0 Å². The van der Waals surface area contributed by atoms with E-state index in [4.69, 9.17) is 4.42 Å². The van der Waals surface area contributed by atoms with E-state index in [1.54, 1.807) is 0 Å². The van der Waals surface area contributed by atoms with Crippen molar-refractivity contribution in [1.82, 2.24) is 5.32 Å². The molecule has 0 spiro atoms. The SMILES string of the molecule is CCCCC(CC)C(NCC)c1cc2cccc(C)c2o1. The molecule has 0 aliphatic carbocycles. The first-order valence-electron chi connectivity index (χ1n) is 8.43. The van der Waals surface area contributed by atoms with E-state index in [-0.39, 0.29) is 0 Å². The van der Waals surface area contributed by atoms with Crippen LogP contribution in [0.4, 0.5) is 0 Å². The van der Waals surface area contributed by atoms with Crippen LogP contribution >= 0.6 is 0 Å². The predicted octanol–water partition coefficient (Wildman–Crippen LogP) is 5.61. The zero-order chi connectivity index (χ0) is 15.2. The third-order valence-electron chi connectivity index (χ3n) is 4.41. The Labute approximate surface area is 128 Å².